The highest BCUT2D eigenvalue weighted by Crippen LogP contribution is 2.17. The summed E-state index contributed by atoms with van der Waals surface area (Å²) in [5, 5.41) is 3.21. The van der Waals surface area contributed by atoms with Crippen LogP contribution in [0.1, 0.15) is 33.6 Å². The lowest BCUT2D eigenvalue weighted by Crippen LogP contribution is -2.48. The number of amides is 1. The van der Waals surface area contributed by atoms with Gasteiger partial charge in [-0.2, -0.15) is 0 Å². The van der Waals surface area contributed by atoms with E-state index in [2.05, 4.69) is 12.2 Å². The van der Waals surface area contributed by atoms with Crippen LogP contribution in [0.4, 0.5) is 4.79 Å². The standard InChI is InChI=1S/C11H22N2O2/c1-4-5-11(2,3)15-10(14)13-8-6-12-7-9-13/h12H,4-9H2,1-3H3. The van der Waals surface area contributed by atoms with Gasteiger partial charge in [-0.05, 0) is 20.3 Å². The van der Waals surface area contributed by atoms with Gasteiger partial charge >= 0.3 is 6.09 Å². The van der Waals surface area contributed by atoms with Gasteiger partial charge in [-0.25, -0.2) is 4.79 Å². The molecular formula is C11H22N2O2. The van der Waals surface area contributed by atoms with Crippen LogP contribution in [0, 0.1) is 0 Å². The van der Waals surface area contributed by atoms with Crippen LogP contribution < -0.4 is 5.32 Å². The molecule has 0 atom stereocenters. The summed E-state index contributed by atoms with van der Waals surface area (Å²) in [6, 6.07) is 0. The zero-order chi connectivity index (χ0) is 11.3. The number of carbonyl (C=O) groups excluding carboxylic acids is 1. The van der Waals surface area contributed by atoms with Gasteiger partial charge < -0.3 is 15.0 Å². The fourth-order valence-corrected chi connectivity index (χ4v) is 1.80. The maximum atomic E-state index is 11.8. The molecule has 0 unspecified atom stereocenters. The van der Waals surface area contributed by atoms with E-state index < -0.39 is 0 Å². The van der Waals surface area contributed by atoms with E-state index in [9.17, 15) is 4.79 Å². The summed E-state index contributed by atoms with van der Waals surface area (Å²) >= 11 is 0. The molecule has 1 saturated heterocycles. The minimum absolute atomic E-state index is 0.171. The van der Waals surface area contributed by atoms with Gasteiger partial charge in [0.2, 0.25) is 0 Å². The molecule has 0 aliphatic carbocycles. The maximum Gasteiger partial charge on any atom is 0.410 e. The summed E-state index contributed by atoms with van der Waals surface area (Å²) in [6.07, 6.45) is 1.77. The predicted octanol–water partition coefficient (Wildman–Crippen LogP) is 1.61. The number of rotatable bonds is 3. The summed E-state index contributed by atoms with van der Waals surface area (Å²) < 4.78 is 5.48. The van der Waals surface area contributed by atoms with Crippen molar-refractivity contribution in [3.63, 3.8) is 0 Å². The van der Waals surface area contributed by atoms with Crippen molar-refractivity contribution in [2.45, 2.75) is 39.2 Å². The molecule has 1 rings (SSSR count). The first kappa shape index (κ1) is 12.3. The first-order valence-corrected chi connectivity index (χ1v) is 5.74. The third kappa shape index (κ3) is 4.08. The number of ether oxygens (including phenoxy) is 1. The molecule has 1 heterocycles. The van der Waals surface area contributed by atoms with Crippen molar-refractivity contribution in [1.29, 1.82) is 0 Å². The highest BCUT2D eigenvalue weighted by atomic mass is 16.6. The minimum Gasteiger partial charge on any atom is -0.443 e. The summed E-state index contributed by atoms with van der Waals surface area (Å²) in [6.45, 7) is 9.27. The second-order valence-electron chi connectivity index (χ2n) is 4.61. The topological polar surface area (TPSA) is 41.6 Å². The van der Waals surface area contributed by atoms with Crippen LogP contribution in [0.15, 0.2) is 0 Å². The molecule has 0 radical (unpaired) electrons. The zero-order valence-corrected chi connectivity index (χ0v) is 10.0. The molecule has 15 heavy (non-hydrogen) atoms. The molecule has 1 amide bonds. The molecule has 4 heteroatoms. The van der Waals surface area contributed by atoms with Crippen molar-refractivity contribution in [3.05, 3.63) is 0 Å². The Labute approximate surface area is 92.0 Å². The lowest BCUT2D eigenvalue weighted by atomic mass is 10.0. The molecule has 88 valence electrons. The first-order valence-electron chi connectivity index (χ1n) is 5.74. The van der Waals surface area contributed by atoms with Gasteiger partial charge in [-0.1, -0.05) is 13.3 Å². The first-order chi connectivity index (χ1) is 7.05. The molecule has 4 nitrogen and oxygen atoms in total. The van der Waals surface area contributed by atoms with E-state index in [0.717, 1.165) is 39.0 Å². The molecule has 1 aliphatic rings. The fourth-order valence-electron chi connectivity index (χ4n) is 1.80. The van der Waals surface area contributed by atoms with Gasteiger partial charge in [-0.3, -0.25) is 0 Å². The van der Waals surface area contributed by atoms with Crippen LogP contribution in [0.2, 0.25) is 0 Å². The number of hydrogen-bond acceptors (Lipinski definition) is 3. The molecule has 0 aromatic rings. The monoisotopic (exact) mass is 214 g/mol. The van der Waals surface area contributed by atoms with Gasteiger partial charge in [0.05, 0.1) is 0 Å². The van der Waals surface area contributed by atoms with Gasteiger partial charge in [0, 0.05) is 26.2 Å². The molecule has 0 aromatic carbocycles. The predicted molar refractivity (Wildman–Crippen MR) is 59.9 cm³/mol. The molecule has 0 bridgehead atoms. The van der Waals surface area contributed by atoms with Gasteiger partial charge in [0.15, 0.2) is 0 Å². The lowest BCUT2D eigenvalue weighted by Gasteiger charge is -2.31. The van der Waals surface area contributed by atoms with Crippen LogP contribution in [0.3, 0.4) is 0 Å². The highest BCUT2D eigenvalue weighted by Gasteiger charge is 2.25. The quantitative estimate of drug-likeness (QED) is 0.776. The van der Waals surface area contributed by atoms with Gasteiger partial charge in [0.1, 0.15) is 5.60 Å². The Balaban J connectivity index is 2.39. The number of hydrogen-bond donors (Lipinski definition) is 1. The number of carbonyl (C=O) groups is 1. The van der Waals surface area contributed by atoms with Crippen LogP contribution in [0.25, 0.3) is 0 Å². The largest absolute Gasteiger partial charge is 0.443 e. The van der Waals surface area contributed by atoms with Crippen molar-refractivity contribution in [1.82, 2.24) is 10.2 Å². The summed E-state index contributed by atoms with van der Waals surface area (Å²) in [5.41, 5.74) is -0.337. The molecule has 1 N–H and O–H groups in total. The molecule has 0 saturated carbocycles. The lowest BCUT2D eigenvalue weighted by molar-refractivity contribution is 0.00639. The number of piperazine rings is 1. The highest BCUT2D eigenvalue weighted by molar-refractivity contribution is 5.68. The van der Waals surface area contributed by atoms with Crippen LogP contribution >= 0.6 is 0 Å². The molecule has 0 spiro atoms. The fraction of sp³-hybridized carbons (Fsp3) is 0.909. The molecular weight excluding hydrogens is 192 g/mol. The Morgan fingerprint density at radius 3 is 2.53 bits per heavy atom. The normalized spacial score (nSPS) is 17.7. The Hall–Kier alpha value is -0.770. The average Bonchev–Trinajstić information content (AvgIpc) is 2.18. The third-order valence-corrected chi connectivity index (χ3v) is 2.59. The Morgan fingerprint density at radius 1 is 1.40 bits per heavy atom. The molecule has 1 fully saturated rings. The van der Waals surface area contributed by atoms with Crippen molar-refractivity contribution < 1.29 is 9.53 Å². The average molecular weight is 214 g/mol. The van der Waals surface area contributed by atoms with Gasteiger partial charge in [-0.15, -0.1) is 0 Å². The molecule has 1 aliphatic heterocycles. The van der Waals surface area contributed by atoms with E-state index in [1.807, 2.05) is 13.8 Å². The summed E-state index contributed by atoms with van der Waals surface area (Å²) in [5.74, 6) is 0. The van der Waals surface area contributed by atoms with E-state index in [0.29, 0.717) is 0 Å². The van der Waals surface area contributed by atoms with Crippen LogP contribution in [0.5, 0.6) is 0 Å². The second kappa shape index (κ2) is 5.35. The van der Waals surface area contributed by atoms with Crippen molar-refractivity contribution in [2.75, 3.05) is 26.2 Å². The smallest absolute Gasteiger partial charge is 0.410 e. The Kier molecular flexibility index (Phi) is 4.39. The Bertz CT molecular complexity index is 211. The maximum absolute atomic E-state index is 11.8. The SMILES string of the molecule is CCCC(C)(C)OC(=O)N1CCNCC1. The van der Waals surface area contributed by atoms with Gasteiger partial charge in [0.25, 0.3) is 0 Å². The summed E-state index contributed by atoms with van der Waals surface area (Å²) in [4.78, 5) is 13.5. The van der Waals surface area contributed by atoms with Crippen molar-refractivity contribution in [3.8, 4) is 0 Å². The Morgan fingerprint density at radius 2 is 2.00 bits per heavy atom. The van der Waals surface area contributed by atoms with Crippen molar-refractivity contribution in [2.24, 2.45) is 0 Å². The number of nitrogens with zero attached hydrogens (tertiary/aromatic N) is 1. The summed E-state index contributed by atoms with van der Waals surface area (Å²) in [7, 11) is 0. The minimum atomic E-state index is -0.337. The number of nitrogens with one attached hydrogen (secondary N) is 1. The van der Waals surface area contributed by atoms with Crippen molar-refractivity contribution >= 4 is 6.09 Å². The van der Waals surface area contributed by atoms with Crippen LogP contribution in [-0.2, 0) is 4.74 Å². The van der Waals surface area contributed by atoms with Crippen LogP contribution in [-0.4, -0.2) is 42.8 Å². The third-order valence-electron chi connectivity index (χ3n) is 2.59. The van der Waals surface area contributed by atoms with E-state index in [4.69, 9.17) is 4.74 Å². The van der Waals surface area contributed by atoms with E-state index in [1.54, 1.807) is 4.90 Å². The second-order valence-corrected chi connectivity index (χ2v) is 4.61. The van der Waals surface area contributed by atoms with E-state index in [-0.39, 0.29) is 11.7 Å². The van der Waals surface area contributed by atoms with E-state index >= 15 is 0 Å². The molecule has 0 aromatic heterocycles. The zero-order valence-electron chi connectivity index (χ0n) is 10.0. The van der Waals surface area contributed by atoms with E-state index in [1.165, 1.54) is 0 Å².